The van der Waals surface area contributed by atoms with E-state index >= 15 is 0 Å². The second-order valence-corrected chi connectivity index (χ2v) is 9.62. The maximum atomic E-state index is 12.9. The van der Waals surface area contributed by atoms with Crippen LogP contribution in [0.15, 0.2) is 30.5 Å². The lowest BCUT2D eigenvalue weighted by atomic mass is 9.66. The van der Waals surface area contributed by atoms with Crippen molar-refractivity contribution in [2.24, 2.45) is 11.3 Å². The summed E-state index contributed by atoms with van der Waals surface area (Å²) in [6.45, 7) is 3.25. The molecule has 184 valence electrons. The van der Waals surface area contributed by atoms with Crippen molar-refractivity contribution in [2.75, 3.05) is 26.9 Å². The Labute approximate surface area is 199 Å². The Hall–Kier alpha value is -2.94. The number of rotatable bonds is 10. The quantitative estimate of drug-likeness (QED) is 0.548. The zero-order chi connectivity index (χ0) is 24.2. The van der Waals surface area contributed by atoms with Crippen LogP contribution in [0.25, 0.3) is 5.69 Å². The first-order chi connectivity index (χ1) is 16.4. The Morgan fingerprint density at radius 2 is 2.00 bits per heavy atom. The van der Waals surface area contributed by atoms with Crippen molar-refractivity contribution in [3.05, 3.63) is 36.2 Å². The van der Waals surface area contributed by atoms with E-state index in [4.69, 9.17) is 9.47 Å². The lowest BCUT2D eigenvalue weighted by Gasteiger charge is -2.41. The number of carbonyl (C=O) groups excluding carboxylic acids is 1. The first-order valence-corrected chi connectivity index (χ1v) is 12.1. The summed E-state index contributed by atoms with van der Waals surface area (Å²) in [5.41, 5.74) is 0.678. The molecule has 1 amide bonds. The summed E-state index contributed by atoms with van der Waals surface area (Å²) in [7, 11) is 1.52. The molecule has 0 atom stereocenters. The molecule has 0 bridgehead atoms. The summed E-state index contributed by atoms with van der Waals surface area (Å²) in [4.78, 5) is 24.7. The third kappa shape index (κ3) is 4.80. The number of methoxy groups -OCH3 is 1. The largest absolute Gasteiger partial charge is 0.494 e. The Morgan fingerprint density at radius 3 is 2.62 bits per heavy atom. The number of nitrogens with one attached hydrogen (secondary N) is 1. The Kier molecular flexibility index (Phi) is 7.21. The second-order valence-electron chi connectivity index (χ2n) is 9.62. The number of benzene rings is 1. The number of carboxylic acid groups (broad SMARTS) is 1. The number of aliphatic carboxylic acids is 1. The number of carbonyl (C=O) groups is 2. The Bertz CT molecular complexity index is 1010. The van der Waals surface area contributed by atoms with Gasteiger partial charge in [0.2, 0.25) is 5.91 Å². The number of amides is 1. The lowest BCUT2D eigenvalue weighted by molar-refractivity contribution is -0.156. The van der Waals surface area contributed by atoms with E-state index in [1.54, 1.807) is 4.68 Å². The van der Waals surface area contributed by atoms with Gasteiger partial charge in [-0.05, 0) is 57.6 Å². The van der Waals surface area contributed by atoms with E-state index in [1.807, 2.05) is 37.4 Å². The molecule has 1 aromatic carbocycles. The van der Waals surface area contributed by atoms with E-state index < -0.39 is 11.4 Å². The van der Waals surface area contributed by atoms with E-state index in [0.29, 0.717) is 38.8 Å². The van der Waals surface area contributed by atoms with Crippen LogP contribution in [0.4, 0.5) is 0 Å². The highest BCUT2D eigenvalue weighted by atomic mass is 16.5. The number of hydrogen-bond donors (Lipinski definition) is 2. The Balaban J connectivity index is 1.38. The average molecular weight is 471 g/mol. The molecule has 2 aromatic rings. The van der Waals surface area contributed by atoms with Crippen molar-refractivity contribution in [3.63, 3.8) is 0 Å². The van der Waals surface area contributed by atoms with E-state index in [2.05, 4.69) is 15.6 Å². The number of carboxylic acids is 1. The molecular weight excluding hydrogens is 436 g/mol. The average Bonchev–Trinajstić information content (AvgIpc) is 3.30. The van der Waals surface area contributed by atoms with Gasteiger partial charge < -0.3 is 19.9 Å². The maximum Gasteiger partial charge on any atom is 0.311 e. The maximum absolute atomic E-state index is 12.9. The molecule has 2 aliphatic carbocycles. The van der Waals surface area contributed by atoms with Crippen molar-refractivity contribution < 1.29 is 24.2 Å². The Morgan fingerprint density at radius 1 is 1.24 bits per heavy atom. The van der Waals surface area contributed by atoms with Crippen LogP contribution in [0.1, 0.15) is 57.6 Å². The monoisotopic (exact) mass is 470 g/mol. The van der Waals surface area contributed by atoms with Gasteiger partial charge in [-0.2, -0.15) is 0 Å². The predicted molar refractivity (Wildman–Crippen MR) is 125 cm³/mol. The summed E-state index contributed by atoms with van der Waals surface area (Å²) in [6, 6.07) is 7.73. The molecule has 9 heteroatoms. The fourth-order valence-corrected chi connectivity index (χ4v) is 5.17. The number of ether oxygens (including phenoxy) is 2. The standard InChI is InChI=1S/C25H34N4O5/c1-3-34-20-7-4-6-19(14-20)29-15-21(27-28-29)24(10-5-11-24)16-26-22(30)18-8-12-25(13-9-18,17-33-2)23(31)32/h4,6-7,14-15,18H,3,5,8-13,16-17H2,1-2H3,(H,26,30)(H,31,32). The van der Waals surface area contributed by atoms with Gasteiger partial charge in [-0.3, -0.25) is 9.59 Å². The van der Waals surface area contributed by atoms with Crippen LogP contribution >= 0.6 is 0 Å². The zero-order valence-electron chi connectivity index (χ0n) is 20.0. The van der Waals surface area contributed by atoms with Crippen LogP contribution in [-0.4, -0.2) is 58.8 Å². The van der Waals surface area contributed by atoms with Gasteiger partial charge in [0.1, 0.15) is 5.75 Å². The highest BCUT2D eigenvalue weighted by molar-refractivity contribution is 5.80. The van der Waals surface area contributed by atoms with Gasteiger partial charge in [-0.25, -0.2) is 4.68 Å². The minimum absolute atomic E-state index is 0.000474. The molecule has 0 radical (unpaired) electrons. The molecule has 2 fully saturated rings. The number of nitrogens with zero attached hydrogens (tertiary/aromatic N) is 3. The molecule has 34 heavy (non-hydrogen) atoms. The molecule has 0 aliphatic heterocycles. The molecule has 2 saturated carbocycles. The van der Waals surface area contributed by atoms with Gasteiger partial charge in [0, 0.05) is 31.1 Å². The van der Waals surface area contributed by atoms with Crippen molar-refractivity contribution in [2.45, 2.75) is 57.3 Å². The third-order valence-electron chi connectivity index (χ3n) is 7.53. The minimum Gasteiger partial charge on any atom is -0.494 e. The first-order valence-electron chi connectivity index (χ1n) is 12.1. The summed E-state index contributed by atoms with van der Waals surface area (Å²) >= 11 is 0. The summed E-state index contributed by atoms with van der Waals surface area (Å²) in [6.07, 6.45) is 6.95. The summed E-state index contributed by atoms with van der Waals surface area (Å²) in [5, 5.41) is 21.6. The van der Waals surface area contributed by atoms with E-state index in [-0.39, 0.29) is 23.8 Å². The second kappa shape index (κ2) is 10.1. The van der Waals surface area contributed by atoms with Gasteiger partial charge in [0.15, 0.2) is 0 Å². The van der Waals surface area contributed by atoms with Crippen molar-refractivity contribution in [1.29, 1.82) is 0 Å². The van der Waals surface area contributed by atoms with Crippen molar-refractivity contribution in [3.8, 4) is 11.4 Å². The molecule has 0 spiro atoms. The fourth-order valence-electron chi connectivity index (χ4n) is 5.17. The summed E-state index contributed by atoms with van der Waals surface area (Å²) < 4.78 is 12.5. The van der Waals surface area contributed by atoms with Crippen molar-refractivity contribution >= 4 is 11.9 Å². The summed E-state index contributed by atoms with van der Waals surface area (Å²) in [5.74, 6) is -0.220. The highest BCUT2D eigenvalue weighted by Crippen LogP contribution is 2.43. The number of aromatic nitrogens is 3. The molecule has 2 aliphatic rings. The first kappa shape index (κ1) is 24.2. The molecule has 9 nitrogen and oxygen atoms in total. The molecule has 0 saturated heterocycles. The highest BCUT2D eigenvalue weighted by Gasteiger charge is 2.45. The predicted octanol–water partition coefficient (Wildman–Crippen LogP) is 3.11. The molecule has 1 heterocycles. The smallest absolute Gasteiger partial charge is 0.311 e. The van der Waals surface area contributed by atoms with E-state index in [9.17, 15) is 14.7 Å². The third-order valence-corrected chi connectivity index (χ3v) is 7.53. The van der Waals surface area contributed by atoms with Crippen LogP contribution in [-0.2, 0) is 19.7 Å². The minimum atomic E-state index is -0.876. The fraction of sp³-hybridized carbons (Fsp3) is 0.600. The van der Waals surface area contributed by atoms with Crippen molar-refractivity contribution in [1.82, 2.24) is 20.3 Å². The lowest BCUT2D eigenvalue weighted by Crippen LogP contribution is -2.48. The van der Waals surface area contributed by atoms with Crippen LogP contribution < -0.4 is 10.1 Å². The topological polar surface area (TPSA) is 116 Å². The van der Waals surface area contributed by atoms with Crippen LogP contribution in [0.2, 0.25) is 0 Å². The van der Waals surface area contributed by atoms with E-state index in [0.717, 1.165) is 36.4 Å². The molecule has 1 aromatic heterocycles. The van der Waals surface area contributed by atoms with Gasteiger partial charge >= 0.3 is 5.97 Å². The molecule has 0 unspecified atom stereocenters. The SMILES string of the molecule is CCOc1cccc(-n2cc(C3(CNC(=O)C4CCC(COC)(C(=O)O)CC4)CCC3)nn2)c1. The van der Waals surface area contributed by atoms with E-state index in [1.165, 1.54) is 7.11 Å². The molecule has 4 rings (SSSR count). The molecular formula is C25H34N4O5. The number of hydrogen-bond acceptors (Lipinski definition) is 6. The normalized spacial score (nSPS) is 23.6. The van der Waals surface area contributed by atoms with Crippen LogP contribution in [0.5, 0.6) is 5.75 Å². The van der Waals surface area contributed by atoms with Crippen LogP contribution in [0, 0.1) is 11.3 Å². The van der Waals surface area contributed by atoms with Crippen LogP contribution in [0.3, 0.4) is 0 Å². The van der Waals surface area contributed by atoms with Gasteiger partial charge in [-0.1, -0.05) is 17.7 Å². The van der Waals surface area contributed by atoms with Gasteiger partial charge in [0.05, 0.1) is 36.2 Å². The molecule has 2 N–H and O–H groups in total. The van der Waals surface area contributed by atoms with Gasteiger partial charge in [-0.15, -0.1) is 5.10 Å². The van der Waals surface area contributed by atoms with Gasteiger partial charge in [0.25, 0.3) is 0 Å². The zero-order valence-corrected chi connectivity index (χ0v) is 20.0.